The Bertz CT molecular complexity index is 1600. The van der Waals surface area contributed by atoms with E-state index in [1.165, 1.54) is 12.1 Å². The number of nitrogens with zero attached hydrogens (tertiary/aromatic N) is 5. The first-order valence-corrected chi connectivity index (χ1v) is 12.8. The molecule has 7 rings (SSSR count). The molecule has 1 N–H and O–H groups in total. The number of hydrogen-bond donors (Lipinski definition) is 1. The molecule has 2 aliphatic heterocycles. The van der Waals surface area contributed by atoms with Gasteiger partial charge in [0.05, 0.1) is 23.4 Å². The molecule has 7 nitrogen and oxygen atoms in total. The van der Waals surface area contributed by atoms with E-state index in [1.54, 1.807) is 19.5 Å². The van der Waals surface area contributed by atoms with E-state index in [4.69, 9.17) is 26.4 Å². The third kappa shape index (κ3) is 3.74. The van der Waals surface area contributed by atoms with Gasteiger partial charge in [-0.25, -0.2) is 9.50 Å². The predicted molar refractivity (Wildman–Crippen MR) is 146 cm³/mol. The van der Waals surface area contributed by atoms with Gasteiger partial charge in [0, 0.05) is 60.6 Å². The number of methoxy groups -OCH3 is 1. The number of fused-ring (bicyclic) bond motifs is 3. The van der Waals surface area contributed by atoms with Crippen LogP contribution in [0.5, 0.6) is 5.75 Å². The molecule has 2 aliphatic rings. The van der Waals surface area contributed by atoms with E-state index < -0.39 is 0 Å². The summed E-state index contributed by atoms with van der Waals surface area (Å²) in [6, 6.07) is 21.7. The van der Waals surface area contributed by atoms with Gasteiger partial charge in [-0.05, 0) is 54.4 Å². The molecular weight excluding hydrogens is 484 g/mol. The summed E-state index contributed by atoms with van der Waals surface area (Å²) in [7, 11) is 1.62. The fourth-order valence-corrected chi connectivity index (χ4v) is 5.85. The van der Waals surface area contributed by atoms with Gasteiger partial charge < -0.3 is 15.0 Å². The molecular formula is C29H25ClN6O. The largest absolute Gasteiger partial charge is 0.495 e. The second-order valence-corrected chi connectivity index (χ2v) is 9.98. The molecule has 0 aliphatic carbocycles. The van der Waals surface area contributed by atoms with Crippen molar-refractivity contribution in [2.75, 3.05) is 25.1 Å². The van der Waals surface area contributed by atoms with Gasteiger partial charge in [-0.3, -0.25) is 4.98 Å². The summed E-state index contributed by atoms with van der Waals surface area (Å²) in [6.45, 7) is 2.15. The van der Waals surface area contributed by atoms with Gasteiger partial charge in [0.1, 0.15) is 11.4 Å². The van der Waals surface area contributed by atoms with Crippen molar-refractivity contribution in [1.82, 2.24) is 24.9 Å². The van der Waals surface area contributed by atoms with Crippen LogP contribution < -0.4 is 15.0 Å². The Morgan fingerprint density at radius 2 is 1.76 bits per heavy atom. The van der Waals surface area contributed by atoms with E-state index in [0.29, 0.717) is 22.9 Å². The van der Waals surface area contributed by atoms with Gasteiger partial charge in [-0.1, -0.05) is 29.8 Å². The summed E-state index contributed by atoms with van der Waals surface area (Å²) < 4.78 is 7.44. The van der Waals surface area contributed by atoms with Crippen molar-refractivity contribution in [3.63, 3.8) is 0 Å². The van der Waals surface area contributed by atoms with E-state index in [-0.39, 0.29) is 0 Å². The van der Waals surface area contributed by atoms with Gasteiger partial charge >= 0.3 is 0 Å². The molecule has 2 saturated heterocycles. The van der Waals surface area contributed by atoms with Gasteiger partial charge in [0.25, 0.3) is 0 Å². The summed E-state index contributed by atoms with van der Waals surface area (Å²) in [5, 5.41) is 9.22. The maximum Gasteiger partial charge on any atom is 0.164 e. The molecule has 37 heavy (non-hydrogen) atoms. The molecule has 0 amide bonds. The number of aromatic nitrogens is 4. The fourth-order valence-electron chi connectivity index (χ4n) is 5.66. The van der Waals surface area contributed by atoms with E-state index in [1.807, 2.05) is 47.1 Å². The Kier molecular flexibility index (Phi) is 5.34. The lowest BCUT2D eigenvalue weighted by Gasteiger charge is -2.29. The zero-order valence-electron chi connectivity index (χ0n) is 20.3. The van der Waals surface area contributed by atoms with Crippen molar-refractivity contribution >= 4 is 22.9 Å². The maximum absolute atomic E-state index is 6.34. The van der Waals surface area contributed by atoms with Gasteiger partial charge in [0.15, 0.2) is 5.65 Å². The average molecular weight is 509 g/mol. The number of anilines is 1. The number of nitrogens with one attached hydrogen (secondary N) is 1. The molecule has 5 aromatic rings. The minimum atomic E-state index is 0.559. The van der Waals surface area contributed by atoms with E-state index in [0.717, 1.165) is 52.4 Å². The second-order valence-electron chi connectivity index (χ2n) is 9.57. The lowest BCUT2D eigenvalue weighted by molar-refractivity contribution is 0.415. The molecule has 0 unspecified atom stereocenters. The topological polar surface area (TPSA) is 67.6 Å². The van der Waals surface area contributed by atoms with Crippen molar-refractivity contribution in [3.05, 3.63) is 84.3 Å². The van der Waals surface area contributed by atoms with Crippen molar-refractivity contribution in [1.29, 1.82) is 0 Å². The average Bonchev–Trinajstić information content (AvgIpc) is 3.69. The first-order chi connectivity index (χ1) is 18.2. The van der Waals surface area contributed by atoms with E-state index in [2.05, 4.69) is 39.5 Å². The third-order valence-corrected chi connectivity index (χ3v) is 7.78. The minimum Gasteiger partial charge on any atom is -0.495 e. The number of hydrogen-bond acceptors (Lipinski definition) is 6. The highest BCUT2D eigenvalue weighted by Gasteiger charge is 2.37. The van der Waals surface area contributed by atoms with Crippen LogP contribution in [0.2, 0.25) is 5.02 Å². The fraction of sp³-hybridized carbons (Fsp3) is 0.207. The van der Waals surface area contributed by atoms with Gasteiger partial charge in [-0.2, -0.15) is 5.10 Å². The lowest BCUT2D eigenvalue weighted by Crippen LogP contribution is -2.43. The number of halogens is 1. The number of piperazine rings is 1. The molecule has 2 aromatic carbocycles. The van der Waals surface area contributed by atoms with Crippen LogP contribution in [-0.4, -0.2) is 51.9 Å². The number of benzene rings is 2. The van der Waals surface area contributed by atoms with E-state index in [9.17, 15) is 0 Å². The number of ether oxygens (including phenoxy) is 1. The first kappa shape index (κ1) is 22.3. The Hall–Kier alpha value is -3.94. The van der Waals surface area contributed by atoms with Crippen LogP contribution in [0.4, 0.5) is 5.69 Å². The van der Waals surface area contributed by atoms with Crippen LogP contribution in [0.25, 0.3) is 39.3 Å². The smallest absolute Gasteiger partial charge is 0.164 e. The molecule has 2 atom stereocenters. The summed E-state index contributed by atoms with van der Waals surface area (Å²) >= 11 is 6.34. The molecule has 184 valence electrons. The normalized spacial score (nSPS) is 18.6. The third-order valence-electron chi connectivity index (χ3n) is 7.46. The standard InChI is InChI=1S/C29H25ClN6O/c1-37-26-14-20(4-7-24(26)30)27-28(19-8-11-31-12-9-19)34-36-25(10-13-32-29(27)36)18-2-5-22(6-3-18)35-17-21-15-23(35)16-33-21/h2-14,21,23,33H,15-17H2,1H3/t21-,23-/m0/s1. The summed E-state index contributed by atoms with van der Waals surface area (Å²) in [6.07, 6.45) is 6.63. The van der Waals surface area contributed by atoms with Crippen LogP contribution in [0.1, 0.15) is 6.42 Å². The van der Waals surface area contributed by atoms with Crippen molar-refractivity contribution in [2.45, 2.75) is 18.5 Å². The molecule has 0 radical (unpaired) electrons. The molecule has 8 heteroatoms. The summed E-state index contributed by atoms with van der Waals surface area (Å²) in [4.78, 5) is 11.5. The molecule has 0 spiro atoms. The number of rotatable bonds is 5. The van der Waals surface area contributed by atoms with Crippen molar-refractivity contribution in [3.8, 4) is 39.4 Å². The quantitative estimate of drug-likeness (QED) is 0.346. The predicted octanol–water partition coefficient (Wildman–Crippen LogP) is 5.34. The SMILES string of the molecule is COc1cc(-c2c(-c3ccncc3)nn3c(-c4ccc(N5C[C@@H]6C[C@H]5CN6)cc4)ccnc23)ccc1Cl. The van der Waals surface area contributed by atoms with Crippen LogP contribution >= 0.6 is 11.6 Å². The monoisotopic (exact) mass is 508 g/mol. The van der Waals surface area contributed by atoms with Crippen LogP contribution in [0.15, 0.2) is 79.3 Å². The highest BCUT2D eigenvalue weighted by Crippen LogP contribution is 2.39. The summed E-state index contributed by atoms with van der Waals surface area (Å²) in [5.41, 5.74) is 7.73. The highest BCUT2D eigenvalue weighted by molar-refractivity contribution is 6.32. The minimum absolute atomic E-state index is 0.559. The Morgan fingerprint density at radius 1 is 0.946 bits per heavy atom. The van der Waals surface area contributed by atoms with Gasteiger partial charge in [0.2, 0.25) is 0 Å². The molecule has 3 aromatic heterocycles. The molecule has 5 heterocycles. The maximum atomic E-state index is 6.34. The van der Waals surface area contributed by atoms with Crippen LogP contribution in [0.3, 0.4) is 0 Å². The number of pyridine rings is 1. The summed E-state index contributed by atoms with van der Waals surface area (Å²) in [5.74, 6) is 0.608. The zero-order valence-corrected chi connectivity index (χ0v) is 21.1. The zero-order chi connectivity index (χ0) is 24.9. The van der Waals surface area contributed by atoms with Crippen molar-refractivity contribution in [2.24, 2.45) is 0 Å². The van der Waals surface area contributed by atoms with Crippen LogP contribution in [0, 0.1) is 0 Å². The lowest BCUT2D eigenvalue weighted by atomic mass is 10.0. The Morgan fingerprint density at radius 3 is 2.49 bits per heavy atom. The highest BCUT2D eigenvalue weighted by atomic mass is 35.5. The molecule has 2 bridgehead atoms. The molecule has 2 fully saturated rings. The van der Waals surface area contributed by atoms with Crippen molar-refractivity contribution < 1.29 is 4.74 Å². The Labute approximate surface area is 219 Å². The molecule has 0 saturated carbocycles. The first-order valence-electron chi connectivity index (χ1n) is 12.4. The Balaban J connectivity index is 1.37. The second kappa shape index (κ2) is 8.87. The van der Waals surface area contributed by atoms with Crippen LogP contribution in [-0.2, 0) is 0 Å². The van der Waals surface area contributed by atoms with Gasteiger partial charge in [-0.15, -0.1) is 0 Å². The van der Waals surface area contributed by atoms with E-state index >= 15 is 0 Å².